The summed E-state index contributed by atoms with van der Waals surface area (Å²) in [6.45, 7) is 0.00565. The summed E-state index contributed by atoms with van der Waals surface area (Å²) in [6.07, 6.45) is 0. The fourth-order valence-electron chi connectivity index (χ4n) is 2.70. The lowest BCUT2D eigenvalue weighted by Crippen LogP contribution is -2.13. The summed E-state index contributed by atoms with van der Waals surface area (Å²) in [5, 5.41) is 0.339. The Bertz CT molecular complexity index is 1010. The third-order valence-corrected chi connectivity index (χ3v) is 4.31. The molecule has 0 saturated heterocycles. The molecule has 3 aromatic carbocycles. The van der Waals surface area contributed by atoms with Crippen LogP contribution in [0.15, 0.2) is 72.8 Å². The van der Waals surface area contributed by atoms with Crippen molar-refractivity contribution in [3.63, 3.8) is 0 Å². The molecule has 0 spiro atoms. The largest absolute Gasteiger partial charge is 0.407 e. The molecule has 5 heteroatoms. The van der Waals surface area contributed by atoms with Gasteiger partial charge in [-0.25, -0.2) is 9.37 Å². The van der Waals surface area contributed by atoms with Crippen molar-refractivity contribution in [2.24, 2.45) is 0 Å². The predicted octanol–water partition coefficient (Wildman–Crippen LogP) is 5.12. The van der Waals surface area contributed by atoms with Gasteiger partial charge < -0.3 is 4.84 Å². The average molecular weight is 353 g/mol. The van der Waals surface area contributed by atoms with Crippen molar-refractivity contribution in [1.29, 1.82) is 0 Å². The SMILES string of the molecule is Fc1cccc(Cl)c1COn1c(-c2ccccc2)nc2ccccc21. The summed E-state index contributed by atoms with van der Waals surface area (Å²) >= 11 is 6.10. The van der Waals surface area contributed by atoms with Crippen molar-refractivity contribution >= 4 is 22.6 Å². The molecule has 0 bridgehead atoms. The van der Waals surface area contributed by atoms with E-state index in [4.69, 9.17) is 16.4 Å². The highest BCUT2D eigenvalue weighted by Crippen LogP contribution is 2.25. The molecule has 3 nitrogen and oxygen atoms in total. The molecule has 4 aromatic rings. The molecular weight excluding hydrogens is 339 g/mol. The van der Waals surface area contributed by atoms with E-state index in [1.54, 1.807) is 16.9 Å². The Hall–Kier alpha value is -2.85. The van der Waals surface area contributed by atoms with Crippen LogP contribution in [0.4, 0.5) is 4.39 Å². The molecule has 0 unspecified atom stereocenters. The van der Waals surface area contributed by atoms with Crippen LogP contribution in [-0.2, 0) is 6.61 Å². The average Bonchev–Trinajstić information content (AvgIpc) is 3.01. The number of fused-ring (bicyclic) bond motifs is 1. The standard InChI is InChI=1S/C20H14ClFN2O/c21-16-9-6-10-17(22)15(16)13-25-24-19-12-5-4-11-18(19)23-20(24)14-7-2-1-3-8-14/h1-12H,13H2. The van der Waals surface area contributed by atoms with Crippen molar-refractivity contribution in [1.82, 2.24) is 9.71 Å². The van der Waals surface area contributed by atoms with Crippen molar-refractivity contribution in [2.75, 3.05) is 0 Å². The number of hydrogen-bond acceptors (Lipinski definition) is 2. The van der Waals surface area contributed by atoms with Crippen LogP contribution < -0.4 is 4.84 Å². The number of para-hydroxylation sites is 2. The molecule has 25 heavy (non-hydrogen) atoms. The van der Waals surface area contributed by atoms with Crippen molar-refractivity contribution in [3.05, 3.63) is 89.2 Å². The van der Waals surface area contributed by atoms with E-state index in [9.17, 15) is 4.39 Å². The molecule has 0 saturated carbocycles. The van der Waals surface area contributed by atoms with Crippen LogP contribution in [0.1, 0.15) is 5.56 Å². The first kappa shape index (κ1) is 15.7. The van der Waals surface area contributed by atoms with Gasteiger partial charge in [0.1, 0.15) is 17.9 Å². The topological polar surface area (TPSA) is 27.1 Å². The Kier molecular flexibility index (Phi) is 4.12. The first-order valence-corrected chi connectivity index (χ1v) is 8.21. The Labute approximate surface area is 149 Å². The highest BCUT2D eigenvalue weighted by molar-refractivity contribution is 6.31. The molecule has 0 atom stereocenters. The van der Waals surface area contributed by atoms with E-state index in [-0.39, 0.29) is 6.61 Å². The Morgan fingerprint density at radius 2 is 1.68 bits per heavy atom. The third-order valence-electron chi connectivity index (χ3n) is 3.95. The van der Waals surface area contributed by atoms with Crippen LogP contribution in [-0.4, -0.2) is 9.71 Å². The van der Waals surface area contributed by atoms with E-state index in [2.05, 4.69) is 4.98 Å². The van der Waals surface area contributed by atoms with Gasteiger partial charge in [0.05, 0.1) is 10.5 Å². The molecule has 0 N–H and O–H groups in total. The Balaban J connectivity index is 1.78. The summed E-state index contributed by atoms with van der Waals surface area (Å²) in [5.74, 6) is 0.271. The maximum atomic E-state index is 14.0. The quantitative estimate of drug-likeness (QED) is 0.509. The highest BCUT2D eigenvalue weighted by Gasteiger charge is 2.15. The lowest BCUT2D eigenvalue weighted by atomic mass is 10.2. The molecule has 0 aliphatic rings. The maximum Gasteiger partial charge on any atom is 0.176 e. The molecule has 124 valence electrons. The monoisotopic (exact) mass is 352 g/mol. The van der Waals surface area contributed by atoms with Gasteiger partial charge >= 0.3 is 0 Å². The van der Waals surface area contributed by atoms with Gasteiger partial charge in [-0.15, -0.1) is 0 Å². The van der Waals surface area contributed by atoms with Crippen LogP contribution in [0, 0.1) is 5.82 Å². The van der Waals surface area contributed by atoms with E-state index in [1.165, 1.54) is 6.07 Å². The van der Waals surface area contributed by atoms with E-state index in [1.807, 2.05) is 54.6 Å². The van der Waals surface area contributed by atoms with Crippen LogP contribution >= 0.6 is 11.6 Å². The smallest absolute Gasteiger partial charge is 0.176 e. The van der Waals surface area contributed by atoms with Gasteiger partial charge in [0, 0.05) is 11.1 Å². The molecule has 1 heterocycles. The third kappa shape index (κ3) is 2.96. The van der Waals surface area contributed by atoms with E-state index in [0.29, 0.717) is 16.4 Å². The molecule has 0 amide bonds. The summed E-state index contributed by atoms with van der Waals surface area (Å²) in [7, 11) is 0. The van der Waals surface area contributed by atoms with Crippen molar-refractivity contribution in [2.45, 2.75) is 6.61 Å². The number of imidazole rings is 1. The van der Waals surface area contributed by atoms with Gasteiger partial charge in [-0.3, -0.25) is 0 Å². The van der Waals surface area contributed by atoms with E-state index >= 15 is 0 Å². The molecule has 0 fully saturated rings. The van der Waals surface area contributed by atoms with Gasteiger partial charge in [-0.05, 0) is 24.3 Å². The zero-order valence-electron chi connectivity index (χ0n) is 13.2. The Morgan fingerprint density at radius 1 is 0.920 bits per heavy atom. The number of rotatable bonds is 4. The molecule has 1 aromatic heterocycles. The first-order valence-electron chi connectivity index (χ1n) is 7.83. The summed E-state index contributed by atoms with van der Waals surface area (Å²) < 4.78 is 15.7. The van der Waals surface area contributed by atoms with Gasteiger partial charge in [-0.1, -0.05) is 60.1 Å². The lowest BCUT2D eigenvalue weighted by molar-refractivity contribution is 0.108. The molecule has 0 aliphatic heterocycles. The molecule has 0 aliphatic carbocycles. The summed E-state index contributed by atoms with van der Waals surface area (Å²) in [5.41, 5.74) is 2.86. The van der Waals surface area contributed by atoms with Crippen molar-refractivity contribution < 1.29 is 9.23 Å². The number of benzene rings is 3. The fourth-order valence-corrected chi connectivity index (χ4v) is 2.92. The van der Waals surface area contributed by atoms with E-state index < -0.39 is 5.82 Å². The molecular formula is C20H14ClFN2O. The van der Waals surface area contributed by atoms with Crippen LogP contribution in [0.2, 0.25) is 5.02 Å². The highest BCUT2D eigenvalue weighted by atomic mass is 35.5. The van der Waals surface area contributed by atoms with Gasteiger partial charge in [0.25, 0.3) is 0 Å². The first-order chi connectivity index (χ1) is 12.2. The Morgan fingerprint density at radius 3 is 2.48 bits per heavy atom. The predicted molar refractivity (Wildman–Crippen MR) is 96.9 cm³/mol. The minimum absolute atomic E-state index is 0.00565. The van der Waals surface area contributed by atoms with E-state index in [0.717, 1.165) is 16.6 Å². The second kappa shape index (κ2) is 6.57. The zero-order valence-corrected chi connectivity index (χ0v) is 13.9. The normalized spacial score (nSPS) is 11.0. The number of nitrogens with zero attached hydrogens (tertiary/aromatic N) is 2. The molecule has 4 rings (SSSR count). The van der Waals surface area contributed by atoms with Gasteiger partial charge in [0.2, 0.25) is 0 Å². The summed E-state index contributed by atoms with van der Waals surface area (Å²) in [4.78, 5) is 10.6. The number of halogens is 2. The minimum atomic E-state index is -0.391. The summed E-state index contributed by atoms with van der Waals surface area (Å²) in [6, 6.07) is 22.0. The zero-order chi connectivity index (χ0) is 17.2. The second-order valence-corrected chi connectivity index (χ2v) is 5.97. The van der Waals surface area contributed by atoms with Crippen LogP contribution in [0.25, 0.3) is 22.4 Å². The van der Waals surface area contributed by atoms with Gasteiger partial charge in [0.15, 0.2) is 5.82 Å². The van der Waals surface area contributed by atoms with Crippen LogP contribution in [0.5, 0.6) is 0 Å². The van der Waals surface area contributed by atoms with Gasteiger partial charge in [-0.2, -0.15) is 4.73 Å². The molecule has 0 radical (unpaired) electrons. The fraction of sp³-hybridized carbons (Fsp3) is 0.0500. The lowest BCUT2D eigenvalue weighted by Gasteiger charge is -2.12. The van der Waals surface area contributed by atoms with Crippen LogP contribution in [0.3, 0.4) is 0 Å². The minimum Gasteiger partial charge on any atom is -0.407 e. The maximum absolute atomic E-state index is 14.0. The second-order valence-electron chi connectivity index (χ2n) is 5.56. The number of aromatic nitrogens is 2. The number of hydrogen-bond donors (Lipinski definition) is 0. The van der Waals surface area contributed by atoms with Crippen molar-refractivity contribution in [3.8, 4) is 11.4 Å².